The van der Waals surface area contributed by atoms with E-state index in [0.717, 1.165) is 33.3 Å². The van der Waals surface area contributed by atoms with Gasteiger partial charge in [0, 0.05) is 34.2 Å². The van der Waals surface area contributed by atoms with Crippen LogP contribution in [0.25, 0.3) is 0 Å². The van der Waals surface area contributed by atoms with Crippen molar-refractivity contribution in [2.45, 2.75) is 64.9 Å². The van der Waals surface area contributed by atoms with Crippen LogP contribution in [0.3, 0.4) is 0 Å². The van der Waals surface area contributed by atoms with Crippen molar-refractivity contribution in [2.75, 3.05) is 0 Å². The molecule has 0 radical (unpaired) electrons. The summed E-state index contributed by atoms with van der Waals surface area (Å²) < 4.78 is 26.2. The summed E-state index contributed by atoms with van der Waals surface area (Å²) in [7, 11) is 0. The van der Waals surface area contributed by atoms with E-state index in [0.29, 0.717) is 0 Å². The molecule has 1 aromatic rings. The average Bonchev–Trinajstić information content (AvgIpc) is 2.69. The normalized spacial score (nSPS) is 24.6. The fourth-order valence-corrected chi connectivity index (χ4v) is 3.13. The first-order valence-corrected chi connectivity index (χ1v) is 9.74. The lowest BCUT2D eigenvalue weighted by molar-refractivity contribution is -0.290. The summed E-state index contributed by atoms with van der Waals surface area (Å²) in [5.41, 5.74) is 0.784. The highest BCUT2D eigenvalue weighted by Gasteiger charge is 2.55. The van der Waals surface area contributed by atoms with E-state index in [1.54, 1.807) is 24.3 Å². The van der Waals surface area contributed by atoms with Gasteiger partial charge in [0.2, 0.25) is 12.4 Å². The molecule has 5 atom stereocenters. The summed E-state index contributed by atoms with van der Waals surface area (Å²) in [6.07, 6.45) is -7.58. The molecule has 0 aromatic heterocycles. The largest absolute Gasteiger partial charge is 0.455 e. The second-order valence-corrected chi connectivity index (χ2v) is 6.96. The van der Waals surface area contributed by atoms with Gasteiger partial charge in [0.1, 0.15) is 0 Å². The van der Waals surface area contributed by atoms with E-state index in [1.165, 1.54) is 0 Å². The smallest absolute Gasteiger partial charge is 0.305 e. The number of carbonyl (C=O) groups excluding carboxylic acids is 5. The molecule has 0 bridgehead atoms. The molecule has 1 saturated heterocycles. The van der Waals surface area contributed by atoms with E-state index in [-0.39, 0.29) is 6.54 Å². The molecule has 11 heteroatoms. The summed E-state index contributed by atoms with van der Waals surface area (Å²) in [5.74, 6) is -3.94. The topological polar surface area (TPSA) is 144 Å². The molecule has 32 heavy (non-hydrogen) atoms. The molecule has 1 aromatic carbocycles. The Kier molecular flexibility index (Phi) is 8.71. The van der Waals surface area contributed by atoms with Gasteiger partial charge in [-0.2, -0.15) is 0 Å². The van der Waals surface area contributed by atoms with Gasteiger partial charge in [-0.05, 0) is 5.56 Å². The number of ether oxygens (including phenoxy) is 5. The fraction of sp³-hybridized carbons (Fsp3) is 0.476. The molecule has 1 aliphatic heterocycles. The molecular formula is C21H25NO10. The molecule has 2 rings (SSSR count). The molecular weight excluding hydrogens is 426 g/mol. The van der Waals surface area contributed by atoms with Crippen LogP contribution in [0.15, 0.2) is 30.3 Å². The number of benzene rings is 1. The van der Waals surface area contributed by atoms with E-state index in [2.05, 4.69) is 5.32 Å². The Morgan fingerprint density at radius 2 is 1.25 bits per heavy atom. The third-order valence-corrected chi connectivity index (χ3v) is 4.25. The Labute approximate surface area is 184 Å². The SMILES string of the molecule is CC(=O)O[C@H]1O[C@H](C(=O)NCc2ccccc2)[C@@H](OC(C)=O)[C@H](OC(C)=O)[C@H]1OC(C)=O. The molecule has 0 saturated carbocycles. The Morgan fingerprint density at radius 1 is 0.750 bits per heavy atom. The summed E-state index contributed by atoms with van der Waals surface area (Å²) >= 11 is 0. The van der Waals surface area contributed by atoms with Gasteiger partial charge < -0.3 is 29.0 Å². The van der Waals surface area contributed by atoms with Crippen molar-refractivity contribution in [3.63, 3.8) is 0 Å². The van der Waals surface area contributed by atoms with Crippen molar-refractivity contribution < 1.29 is 47.7 Å². The average molecular weight is 451 g/mol. The quantitative estimate of drug-likeness (QED) is 0.456. The molecule has 1 heterocycles. The van der Waals surface area contributed by atoms with Crippen molar-refractivity contribution in [2.24, 2.45) is 0 Å². The number of amides is 1. The van der Waals surface area contributed by atoms with Gasteiger partial charge in [-0.1, -0.05) is 30.3 Å². The Hall–Kier alpha value is -3.47. The van der Waals surface area contributed by atoms with Crippen LogP contribution in [0.2, 0.25) is 0 Å². The molecule has 1 amide bonds. The molecule has 0 spiro atoms. The lowest BCUT2D eigenvalue weighted by Crippen LogP contribution is -2.65. The summed E-state index contributed by atoms with van der Waals surface area (Å²) in [6.45, 7) is 4.45. The highest BCUT2D eigenvalue weighted by molar-refractivity contribution is 5.82. The zero-order chi connectivity index (χ0) is 23.8. The van der Waals surface area contributed by atoms with Crippen molar-refractivity contribution in [3.05, 3.63) is 35.9 Å². The number of hydrogen-bond acceptors (Lipinski definition) is 10. The highest BCUT2D eigenvalue weighted by atomic mass is 16.7. The highest BCUT2D eigenvalue weighted by Crippen LogP contribution is 2.30. The first-order chi connectivity index (χ1) is 15.1. The van der Waals surface area contributed by atoms with E-state index < -0.39 is 60.5 Å². The van der Waals surface area contributed by atoms with Crippen LogP contribution in [-0.4, -0.2) is 60.5 Å². The van der Waals surface area contributed by atoms with E-state index in [1.807, 2.05) is 6.07 Å². The molecule has 0 unspecified atom stereocenters. The third-order valence-electron chi connectivity index (χ3n) is 4.25. The number of carbonyl (C=O) groups is 5. The molecule has 0 aliphatic carbocycles. The standard InChI is InChI=1S/C21H25NO10/c1-11(23)28-16-17(29-12(2)24)19(30-13(3)25)21(31-14(4)26)32-18(16)20(27)22-10-15-8-6-5-7-9-15/h5-9,16-19,21H,10H2,1-4H3,(H,22,27)/t16-,17-,18-,19+,21-/m0/s1. The van der Waals surface area contributed by atoms with Crippen molar-refractivity contribution in [1.82, 2.24) is 5.32 Å². The summed E-state index contributed by atoms with van der Waals surface area (Å²) in [5, 5.41) is 2.63. The number of hydrogen-bond donors (Lipinski definition) is 1. The van der Waals surface area contributed by atoms with Gasteiger partial charge in [-0.25, -0.2) is 0 Å². The monoisotopic (exact) mass is 451 g/mol. The van der Waals surface area contributed by atoms with Crippen LogP contribution in [0.1, 0.15) is 33.3 Å². The number of nitrogens with one attached hydrogen (secondary N) is 1. The minimum absolute atomic E-state index is 0.121. The van der Waals surface area contributed by atoms with Crippen LogP contribution in [0.4, 0.5) is 0 Å². The summed E-state index contributed by atoms with van der Waals surface area (Å²) in [6, 6.07) is 8.96. The van der Waals surface area contributed by atoms with E-state index >= 15 is 0 Å². The van der Waals surface area contributed by atoms with Gasteiger partial charge in [0.15, 0.2) is 18.3 Å². The fourth-order valence-electron chi connectivity index (χ4n) is 3.13. The van der Waals surface area contributed by atoms with Gasteiger partial charge in [-0.3, -0.25) is 24.0 Å². The number of esters is 4. The van der Waals surface area contributed by atoms with Crippen LogP contribution < -0.4 is 5.32 Å². The molecule has 174 valence electrons. The van der Waals surface area contributed by atoms with Crippen molar-refractivity contribution in [1.29, 1.82) is 0 Å². The lowest BCUT2D eigenvalue weighted by Gasteiger charge is -2.43. The second kappa shape index (κ2) is 11.2. The van der Waals surface area contributed by atoms with Gasteiger partial charge in [-0.15, -0.1) is 0 Å². The maximum absolute atomic E-state index is 12.9. The number of rotatable bonds is 7. The minimum atomic E-state index is -1.60. The van der Waals surface area contributed by atoms with Gasteiger partial charge in [0.25, 0.3) is 5.91 Å². The molecule has 1 aliphatic rings. The predicted octanol–water partition coefficient (Wildman–Crippen LogP) is 0.386. The summed E-state index contributed by atoms with van der Waals surface area (Å²) in [4.78, 5) is 59.6. The zero-order valence-electron chi connectivity index (χ0n) is 18.1. The van der Waals surface area contributed by atoms with Crippen molar-refractivity contribution in [3.8, 4) is 0 Å². The third kappa shape index (κ3) is 7.05. The molecule has 11 nitrogen and oxygen atoms in total. The van der Waals surface area contributed by atoms with Gasteiger partial charge >= 0.3 is 23.9 Å². The van der Waals surface area contributed by atoms with E-state index in [9.17, 15) is 24.0 Å². The van der Waals surface area contributed by atoms with Crippen LogP contribution in [0, 0.1) is 0 Å². The lowest BCUT2D eigenvalue weighted by atomic mass is 9.97. The van der Waals surface area contributed by atoms with E-state index in [4.69, 9.17) is 23.7 Å². The first kappa shape index (κ1) is 24.8. The Balaban J connectivity index is 2.38. The van der Waals surface area contributed by atoms with Gasteiger partial charge in [0.05, 0.1) is 0 Å². The minimum Gasteiger partial charge on any atom is -0.455 e. The Bertz CT molecular complexity index is 855. The predicted molar refractivity (Wildman–Crippen MR) is 105 cm³/mol. The maximum Gasteiger partial charge on any atom is 0.305 e. The second-order valence-electron chi connectivity index (χ2n) is 6.96. The zero-order valence-corrected chi connectivity index (χ0v) is 18.1. The van der Waals surface area contributed by atoms with Crippen LogP contribution in [-0.2, 0) is 54.2 Å². The van der Waals surface area contributed by atoms with Crippen LogP contribution >= 0.6 is 0 Å². The van der Waals surface area contributed by atoms with Crippen molar-refractivity contribution >= 4 is 29.8 Å². The Morgan fingerprint density at radius 3 is 1.78 bits per heavy atom. The van der Waals surface area contributed by atoms with Crippen LogP contribution in [0.5, 0.6) is 0 Å². The first-order valence-electron chi connectivity index (χ1n) is 9.74. The maximum atomic E-state index is 12.9. The molecule has 1 N–H and O–H groups in total. The molecule has 1 fully saturated rings.